The van der Waals surface area contributed by atoms with Crippen molar-refractivity contribution in [3.8, 4) is 0 Å². The standard InChI is InChI=1S/C19H24ClN3O3/c1-12-7-9-19(10-8-12)17(25)23(18(26)22-19)11-16(24)21-13(2)14-5-3-4-6-15(14)20/h3-6,12-13H,7-11H2,1-2H3,(H,21,24)(H,22,26)/t12?,13-,19?/m0/s1. The maximum Gasteiger partial charge on any atom is 0.325 e. The SMILES string of the molecule is CC1CCC2(CC1)NC(=O)N(CC(=O)N[C@@H](C)c1ccccc1Cl)C2=O. The lowest BCUT2D eigenvalue weighted by molar-refractivity contribution is -0.136. The van der Waals surface area contributed by atoms with Gasteiger partial charge in [0.25, 0.3) is 5.91 Å². The normalized spacial score (nSPS) is 26.7. The van der Waals surface area contributed by atoms with Crippen molar-refractivity contribution >= 4 is 29.4 Å². The fourth-order valence-corrected chi connectivity index (χ4v) is 4.05. The molecule has 1 saturated carbocycles. The van der Waals surface area contributed by atoms with Gasteiger partial charge in [0, 0.05) is 5.02 Å². The van der Waals surface area contributed by atoms with E-state index in [0.717, 1.165) is 23.3 Å². The third-order valence-electron chi connectivity index (χ3n) is 5.42. The molecular weight excluding hydrogens is 354 g/mol. The van der Waals surface area contributed by atoms with Crippen molar-refractivity contribution in [2.75, 3.05) is 6.54 Å². The first-order valence-electron chi connectivity index (χ1n) is 9.00. The summed E-state index contributed by atoms with van der Waals surface area (Å²) in [7, 11) is 0. The van der Waals surface area contributed by atoms with Gasteiger partial charge in [-0.05, 0) is 50.2 Å². The number of halogens is 1. The molecule has 1 atom stereocenters. The minimum absolute atomic E-state index is 0.281. The average Bonchev–Trinajstić information content (AvgIpc) is 2.82. The summed E-state index contributed by atoms with van der Waals surface area (Å²) in [5.74, 6) is -0.115. The number of nitrogens with one attached hydrogen (secondary N) is 2. The molecule has 26 heavy (non-hydrogen) atoms. The molecule has 1 aliphatic carbocycles. The molecule has 1 aliphatic heterocycles. The van der Waals surface area contributed by atoms with Crippen LogP contribution in [0.4, 0.5) is 4.79 Å². The van der Waals surface area contributed by atoms with E-state index >= 15 is 0 Å². The molecule has 1 saturated heterocycles. The fourth-order valence-electron chi connectivity index (χ4n) is 3.75. The molecule has 2 N–H and O–H groups in total. The number of benzene rings is 1. The van der Waals surface area contributed by atoms with Gasteiger partial charge in [0.1, 0.15) is 12.1 Å². The maximum atomic E-state index is 12.8. The van der Waals surface area contributed by atoms with Gasteiger partial charge in [-0.3, -0.25) is 14.5 Å². The Morgan fingerprint density at radius 3 is 2.65 bits per heavy atom. The summed E-state index contributed by atoms with van der Waals surface area (Å²) < 4.78 is 0. The van der Waals surface area contributed by atoms with Crippen LogP contribution in [0.3, 0.4) is 0 Å². The lowest BCUT2D eigenvalue weighted by Gasteiger charge is -2.33. The number of carbonyl (C=O) groups excluding carboxylic acids is 3. The first-order valence-corrected chi connectivity index (χ1v) is 9.38. The number of carbonyl (C=O) groups is 3. The van der Waals surface area contributed by atoms with Gasteiger partial charge in [0.05, 0.1) is 6.04 Å². The molecule has 3 rings (SSSR count). The number of hydrogen-bond acceptors (Lipinski definition) is 3. The minimum atomic E-state index is -0.821. The van der Waals surface area contributed by atoms with E-state index in [9.17, 15) is 14.4 Å². The largest absolute Gasteiger partial charge is 0.348 e. The third-order valence-corrected chi connectivity index (χ3v) is 5.77. The molecule has 0 aromatic heterocycles. The second-order valence-electron chi connectivity index (χ2n) is 7.40. The van der Waals surface area contributed by atoms with E-state index in [0.29, 0.717) is 23.8 Å². The molecule has 4 amide bonds. The predicted octanol–water partition coefficient (Wildman–Crippen LogP) is 3.02. The van der Waals surface area contributed by atoms with Crippen molar-refractivity contribution in [2.24, 2.45) is 5.92 Å². The Morgan fingerprint density at radius 1 is 1.35 bits per heavy atom. The number of imide groups is 1. The Labute approximate surface area is 158 Å². The fraction of sp³-hybridized carbons (Fsp3) is 0.526. The van der Waals surface area contributed by atoms with Crippen LogP contribution in [0, 0.1) is 5.92 Å². The van der Waals surface area contributed by atoms with E-state index in [1.807, 2.05) is 25.1 Å². The Hall–Kier alpha value is -2.08. The quantitative estimate of drug-likeness (QED) is 0.791. The van der Waals surface area contributed by atoms with Crippen molar-refractivity contribution in [1.82, 2.24) is 15.5 Å². The molecule has 1 spiro atoms. The minimum Gasteiger partial charge on any atom is -0.348 e. The van der Waals surface area contributed by atoms with Gasteiger partial charge in [-0.1, -0.05) is 36.7 Å². The lowest BCUT2D eigenvalue weighted by Crippen LogP contribution is -2.50. The number of rotatable bonds is 4. The monoisotopic (exact) mass is 377 g/mol. The van der Waals surface area contributed by atoms with Gasteiger partial charge >= 0.3 is 6.03 Å². The van der Waals surface area contributed by atoms with E-state index in [-0.39, 0.29) is 24.4 Å². The highest BCUT2D eigenvalue weighted by Gasteiger charge is 2.52. The first kappa shape index (κ1) is 18.7. The van der Waals surface area contributed by atoms with E-state index < -0.39 is 11.6 Å². The van der Waals surface area contributed by atoms with E-state index in [1.165, 1.54) is 0 Å². The van der Waals surface area contributed by atoms with E-state index in [4.69, 9.17) is 11.6 Å². The topological polar surface area (TPSA) is 78.5 Å². The van der Waals surface area contributed by atoms with Gasteiger partial charge in [0.2, 0.25) is 5.91 Å². The molecule has 2 aliphatic rings. The molecule has 0 bridgehead atoms. The first-order chi connectivity index (χ1) is 12.3. The summed E-state index contributed by atoms with van der Waals surface area (Å²) in [6.07, 6.45) is 3.06. The van der Waals surface area contributed by atoms with Crippen LogP contribution in [0.2, 0.25) is 5.02 Å². The number of nitrogens with zero attached hydrogens (tertiary/aromatic N) is 1. The van der Waals surface area contributed by atoms with Crippen molar-refractivity contribution in [1.29, 1.82) is 0 Å². The molecule has 1 aromatic rings. The van der Waals surface area contributed by atoms with Gasteiger partial charge in [-0.15, -0.1) is 0 Å². The number of hydrogen-bond donors (Lipinski definition) is 2. The Kier molecular flexibility index (Phi) is 5.23. The zero-order valence-corrected chi connectivity index (χ0v) is 15.8. The van der Waals surface area contributed by atoms with Crippen LogP contribution in [-0.4, -0.2) is 34.8 Å². The Balaban J connectivity index is 1.63. The van der Waals surface area contributed by atoms with Crippen LogP contribution in [-0.2, 0) is 9.59 Å². The van der Waals surface area contributed by atoms with E-state index in [2.05, 4.69) is 17.6 Å². The van der Waals surface area contributed by atoms with Crippen LogP contribution >= 0.6 is 11.6 Å². The van der Waals surface area contributed by atoms with E-state index in [1.54, 1.807) is 6.07 Å². The molecule has 1 heterocycles. The zero-order chi connectivity index (χ0) is 18.9. The Bertz CT molecular complexity index is 728. The van der Waals surface area contributed by atoms with Crippen molar-refractivity contribution in [3.05, 3.63) is 34.9 Å². The molecular formula is C19H24ClN3O3. The van der Waals surface area contributed by atoms with Crippen LogP contribution in [0.5, 0.6) is 0 Å². The summed E-state index contributed by atoms with van der Waals surface area (Å²) in [5.41, 5.74) is -0.0319. The second-order valence-corrected chi connectivity index (χ2v) is 7.80. The number of urea groups is 1. The molecule has 2 fully saturated rings. The molecule has 140 valence electrons. The molecule has 0 radical (unpaired) electrons. The molecule has 6 nitrogen and oxygen atoms in total. The average molecular weight is 378 g/mol. The molecule has 1 aromatic carbocycles. The highest BCUT2D eigenvalue weighted by atomic mass is 35.5. The van der Waals surface area contributed by atoms with Crippen LogP contribution in [0.1, 0.15) is 51.1 Å². The summed E-state index contributed by atoms with van der Waals surface area (Å²) in [5, 5.41) is 6.19. The zero-order valence-electron chi connectivity index (χ0n) is 15.0. The summed E-state index contributed by atoms with van der Waals surface area (Å²) >= 11 is 6.15. The van der Waals surface area contributed by atoms with Crippen LogP contribution < -0.4 is 10.6 Å². The predicted molar refractivity (Wildman–Crippen MR) is 98.6 cm³/mol. The summed E-state index contributed by atoms with van der Waals surface area (Å²) in [4.78, 5) is 38.5. The van der Waals surface area contributed by atoms with Crippen LogP contribution in [0.25, 0.3) is 0 Å². The highest BCUT2D eigenvalue weighted by Crippen LogP contribution is 2.36. The number of amides is 4. The molecule has 0 unspecified atom stereocenters. The third kappa shape index (κ3) is 3.56. The summed E-state index contributed by atoms with van der Waals surface area (Å²) in [6.45, 7) is 3.68. The van der Waals surface area contributed by atoms with Crippen molar-refractivity contribution < 1.29 is 14.4 Å². The molecule has 7 heteroatoms. The van der Waals surface area contributed by atoms with Gasteiger partial charge in [-0.2, -0.15) is 0 Å². The second kappa shape index (κ2) is 7.27. The van der Waals surface area contributed by atoms with Crippen molar-refractivity contribution in [3.63, 3.8) is 0 Å². The van der Waals surface area contributed by atoms with Crippen molar-refractivity contribution in [2.45, 2.75) is 51.1 Å². The highest BCUT2D eigenvalue weighted by molar-refractivity contribution is 6.31. The van der Waals surface area contributed by atoms with Gasteiger partial charge < -0.3 is 10.6 Å². The Morgan fingerprint density at radius 2 is 2.00 bits per heavy atom. The van der Waals surface area contributed by atoms with Gasteiger partial charge in [0.15, 0.2) is 0 Å². The maximum absolute atomic E-state index is 12.8. The van der Waals surface area contributed by atoms with Gasteiger partial charge in [-0.25, -0.2) is 4.79 Å². The lowest BCUT2D eigenvalue weighted by atomic mass is 9.77. The smallest absolute Gasteiger partial charge is 0.325 e. The summed E-state index contributed by atoms with van der Waals surface area (Å²) in [6, 6.07) is 6.45. The van der Waals surface area contributed by atoms with Crippen LogP contribution in [0.15, 0.2) is 24.3 Å².